The number of rotatable bonds is 6. The molecule has 0 unspecified atom stereocenters. The van der Waals surface area contributed by atoms with E-state index in [4.69, 9.17) is 5.41 Å². The molecule has 4 aromatic rings. The van der Waals surface area contributed by atoms with Gasteiger partial charge in [0.2, 0.25) is 0 Å². The highest BCUT2D eigenvalue weighted by atomic mass is 16.1. The number of carbonyl (C=O) groups is 1. The van der Waals surface area contributed by atoms with E-state index >= 15 is 0 Å². The van der Waals surface area contributed by atoms with Gasteiger partial charge in [0, 0.05) is 25.1 Å². The predicted octanol–water partition coefficient (Wildman–Crippen LogP) is 2.10. The highest BCUT2D eigenvalue weighted by molar-refractivity contribution is 5.96. The van der Waals surface area contributed by atoms with E-state index in [1.54, 1.807) is 47.4 Å². The molecular formula is C22H22N6O2. The van der Waals surface area contributed by atoms with Gasteiger partial charge in [0.1, 0.15) is 16.8 Å². The second-order valence-corrected chi connectivity index (χ2v) is 7.05. The zero-order valence-corrected chi connectivity index (χ0v) is 16.6. The molecule has 8 heteroatoms. The van der Waals surface area contributed by atoms with Crippen LogP contribution in [0.25, 0.3) is 16.7 Å². The predicted molar refractivity (Wildman–Crippen MR) is 113 cm³/mol. The van der Waals surface area contributed by atoms with Crippen LogP contribution in [0.5, 0.6) is 0 Å². The molecule has 152 valence electrons. The number of nitrogens with one attached hydrogen (secondary N) is 2. The van der Waals surface area contributed by atoms with Crippen molar-refractivity contribution in [3.63, 3.8) is 0 Å². The Morgan fingerprint density at radius 2 is 2.10 bits per heavy atom. The molecule has 4 heterocycles. The van der Waals surface area contributed by atoms with Crippen LogP contribution in [0.1, 0.15) is 35.7 Å². The Morgan fingerprint density at radius 1 is 1.23 bits per heavy atom. The Hall–Kier alpha value is -3.81. The van der Waals surface area contributed by atoms with E-state index in [2.05, 4.69) is 15.3 Å². The number of hydrogen-bond acceptors (Lipinski definition) is 5. The van der Waals surface area contributed by atoms with E-state index in [-0.39, 0.29) is 29.1 Å². The summed E-state index contributed by atoms with van der Waals surface area (Å²) in [6.07, 6.45) is 6.80. The lowest BCUT2D eigenvalue weighted by Gasteiger charge is -2.14. The van der Waals surface area contributed by atoms with Crippen LogP contribution in [0, 0.1) is 5.41 Å². The van der Waals surface area contributed by atoms with Gasteiger partial charge in [0.05, 0.1) is 17.5 Å². The molecule has 0 aliphatic heterocycles. The van der Waals surface area contributed by atoms with Gasteiger partial charge in [-0.25, -0.2) is 4.98 Å². The number of hydrogen-bond donors (Lipinski definition) is 2. The third-order valence-corrected chi connectivity index (χ3v) is 4.94. The molecule has 4 rings (SSSR count). The second kappa shape index (κ2) is 8.28. The van der Waals surface area contributed by atoms with E-state index in [9.17, 15) is 9.59 Å². The van der Waals surface area contributed by atoms with Gasteiger partial charge in [-0.1, -0.05) is 25.5 Å². The molecule has 0 saturated carbocycles. The topological polar surface area (TPSA) is 105 Å². The van der Waals surface area contributed by atoms with Crippen molar-refractivity contribution in [3.05, 3.63) is 82.0 Å². The Kier molecular flexibility index (Phi) is 5.38. The smallest absolute Gasteiger partial charge is 0.267 e. The van der Waals surface area contributed by atoms with Gasteiger partial charge in [-0.15, -0.1) is 0 Å². The minimum absolute atomic E-state index is 0.00697. The summed E-state index contributed by atoms with van der Waals surface area (Å²) >= 11 is 0. The maximum Gasteiger partial charge on any atom is 0.267 e. The molecule has 8 nitrogen and oxygen atoms in total. The first kappa shape index (κ1) is 19.5. The molecule has 0 fully saturated rings. The quantitative estimate of drug-likeness (QED) is 0.381. The van der Waals surface area contributed by atoms with Crippen molar-refractivity contribution in [1.82, 2.24) is 24.3 Å². The fourth-order valence-corrected chi connectivity index (χ4v) is 3.36. The van der Waals surface area contributed by atoms with Gasteiger partial charge < -0.3 is 9.88 Å². The number of unbranched alkanes of at least 4 members (excludes halogenated alkanes) is 1. The average molecular weight is 402 g/mol. The molecule has 30 heavy (non-hydrogen) atoms. The maximum absolute atomic E-state index is 13.1. The van der Waals surface area contributed by atoms with E-state index in [1.165, 1.54) is 10.5 Å². The molecule has 0 atom stereocenters. The monoisotopic (exact) mass is 402 g/mol. The molecule has 1 amide bonds. The molecule has 4 aromatic heterocycles. The summed E-state index contributed by atoms with van der Waals surface area (Å²) < 4.78 is 3.04. The number of nitrogens with zero attached hydrogens (tertiary/aromatic N) is 4. The van der Waals surface area contributed by atoms with Crippen molar-refractivity contribution < 1.29 is 4.79 Å². The Balaban J connectivity index is 1.97. The van der Waals surface area contributed by atoms with Crippen LogP contribution in [0.3, 0.4) is 0 Å². The van der Waals surface area contributed by atoms with Gasteiger partial charge in [0.15, 0.2) is 0 Å². The van der Waals surface area contributed by atoms with Crippen LogP contribution in [0.15, 0.2) is 59.8 Å². The number of fused-ring (bicyclic) bond motifs is 2. The Morgan fingerprint density at radius 3 is 2.87 bits per heavy atom. The molecule has 0 aliphatic carbocycles. The van der Waals surface area contributed by atoms with Crippen LogP contribution < -0.4 is 16.4 Å². The molecule has 2 N–H and O–H groups in total. The SMILES string of the molecule is CCCCNC(=O)c1cc2c(=O)n3ccccc3nc2n(Cc2cccnc2)c1=N. The third kappa shape index (κ3) is 3.59. The van der Waals surface area contributed by atoms with Crippen molar-refractivity contribution in [2.75, 3.05) is 6.54 Å². The average Bonchev–Trinajstić information content (AvgIpc) is 2.77. The largest absolute Gasteiger partial charge is 0.352 e. The van der Waals surface area contributed by atoms with Gasteiger partial charge in [-0.05, 0) is 36.2 Å². The van der Waals surface area contributed by atoms with Crippen LogP contribution in [-0.2, 0) is 6.54 Å². The van der Waals surface area contributed by atoms with Gasteiger partial charge in [-0.2, -0.15) is 0 Å². The third-order valence-electron chi connectivity index (χ3n) is 4.94. The summed E-state index contributed by atoms with van der Waals surface area (Å²) in [7, 11) is 0. The fourth-order valence-electron chi connectivity index (χ4n) is 3.36. The molecular weight excluding hydrogens is 380 g/mol. The van der Waals surface area contributed by atoms with E-state index < -0.39 is 0 Å². The van der Waals surface area contributed by atoms with Gasteiger partial charge in [-0.3, -0.25) is 24.4 Å². The van der Waals surface area contributed by atoms with Crippen LogP contribution in [0.4, 0.5) is 0 Å². The van der Waals surface area contributed by atoms with Crippen molar-refractivity contribution in [2.24, 2.45) is 0 Å². The second-order valence-electron chi connectivity index (χ2n) is 7.05. The summed E-state index contributed by atoms with van der Waals surface area (Å²) in [6, 6.07) is 10.5. The van der Waals surface area contributed by atoms with Crippen molar-refractivity contribution in [1.29, 1.82) is 5.41 Å². The van der Waals surface area contributed by atoms with Crippen molar-refractivity contribution in [2.45, 2.75) is 26.3 Å². The highest BCUT2D eigenvalue weighted by Gasteiger charge is 2.17. The lowest BCUT2D eigenvalue weighted by atomic mass is 10.1. The Bertz CT molecular complexity index is 1340. The first-order chi connectivity index (χ1) is 14.6. The number of amides is 1. The zero-order valence-electron chi connectivity index (χ0n) is 16.6. The zero-order chi connectivity index (χ0) is 21.1. The highest BCUT2D eigenvalue weighted by Crippen LogP contribution is 2.12. The summed E-state index contributed by atoms with van der Waals surface area (Å²) in [5.74, 6) is -0.368. The minimum Gasteiger partial charge on any atom is -0.352 e. The number of pyridine rings is 3. The summed E-state index contributed by atoms with van der Waals surface area (Å²) in [6.45, 7) is 2.83. The first-order valence-corrected chi connectivity index (χ1v) is 9.86. The standard InChI is InChI=1S/C22H22N6O2/c1-2-3-10-25-21(29)16-12-17-20(26-18-8-4-5-11-27(18)22(17)30)28(19(16)23)14-15-7-6-9-24-13-15/h4-9,11-13,23H,2-3,10,14H2,1H3,(H,25,29). The van der Waals surface area contributed by atoms with Crippen LogP contribution in [0.2, 0.25) is 0 Å². The molecule has 0 radical (unpaired) electrons. The van der Waals surface area contributed by atoms with Crippen molar-refractivity contribution >= 4 is 22.6 Å². The van der Waals surface area contributed by atoms with Crippen LogP contribution >= 0.6 is 0 Å². The Labute approximate surface area is 172 Å². The molecule has 0 saturated heterocycles. The summed E-state index contributed by atoms with van der Waals surface area (Å²) in [5, 5.41) is 11.8. The van der Waals surface area contributed by atoms with Gasteiger partial charge in [0.25, 0.3) is 11.5 Å². The number of carbonyl (C=O) groups excluding carboxylic acids is 1. The van der Waals surface area contributed by atoms with Crippen molar-refractivity contribution in [3.8, 4) is 0 Å². The fraction of sp³-hybridized carbons (Fsp3) is 0.227. The maximum atomic E-state index is 13.1. The molecule has 0 spiro atoms. The van der Waals surface area contributed by atoms with Crippen LogP contribution in [-0.4, -0.2) is 31.4 Å². The molecule has 0 aromatic carbocycles. The lowest BCUT2D eigenvalue weighted by Crippen LogP contribution is -2.35. The van der Waals surface area contributed by atoms with E-state index in [0.717, 1.165) is 18.4 Å². The first-order valence-electron chi connectivity index (χ1n) is 9.86. The summed E-state index contributed by atoms with van der Waals surface area (Å²) in [4.78, 5) is 34.7. The summed E-state index contributed by atoms with van der Waals surface area (Å²) in [5.41, 5.74) is 1.57. The molecule has 0 aliphatic rings. The van der Waals surface area contributed by atoms with E-state index in [1.807, 2.05) is 13.0 Å². The normalized spacial score (nSPS) is 11.1. The number of aromatic nitrogens is 4. The lowest BCUT2D eigenvalue weighted by molar-refractivity contribution is 0.0951. The minimum atomic E-state index is -0.368. The molecule has 0 bridgehead atoms. The van der Waals surface area contributed by atoms with E-state index in [0.29, 0.717) is 23.2 Å². The van der Waals surface area contributed by atoms with Gasteiger partial charge >= 0.3 is 0 Å².